The normalized spacial score (nSPS) is 23.2. The molecule has 1 aliphatic rings. The van der Waals surface area contributed by atoms with Gasteiger partial charge in [0, 0.05) is 30.2 Å². The minimum absolute atomic E-state index is 0.674. The summed E-state index contributed by atoms with van der Waals surface area (Å²) >= 11 is 1.82. The highest BCUT2D eigenvalue weighted by Crippen LogP contribution is 2.17. The number of hydrogen-bond acceptors (Lipinski definition) is 4. The molecule has 0 aliphatic carbocycles. The molecule has 0 spiro atoms. The van der Waals surface area contributed by atoms with Crippen LogP contribution >= 0.6 is 11.3 Å². The van der Waals surface area contributed by atoms with E-state index in [0.29, 0.717) is 6.04 Å². The average Bonchev–Trinajstić information content (AvgIpc) is 2.64. The van der Waals surface area contributed by atoms with Crippen LogP contribution in [0, 0.1) is 6.92 Å². The molecule has 0 aromatic carbocycles. The number of rotatable bonds is 3. The van der Waals surface area contributed by atoms with E-state index >= 15 is 0 Å². The molecular weight excluding hydrogens is 206 g/mol. The van der Waals surface area contributed by atoms with Crippen molar-refractivity contribution in [3.63, 3.8) is 0 Å². The third kappa shape index (κ3) is 3.00. The van der Waals surface area contributed by atoms with Crippen molar-refractivity contribution in [2.75, 3.05) is 20.1 Å². The lowest BCUT2D eigenvalue weighted by Gasteiger charge is -2.32. The lowest BCUT2D eigenvalue weighted by atomic mass is 10.1. The number of piperidine rings is 1. The van der Waals surface area contributed by atoms with Gasteiger partial charge >= 0.3 is 0 Å². The lowest BCUT2D eigenvalue weighted by Crippen LogP contribution is -2.43. The van der Waals surface area contributed by atoms with E-state index in [2.05, 4.69) is 29.2 Å². The van der Waals surface area contributed by atoms with Crippen LogP contribution in [0.4, 0.5) is 0 Å². The van der Waals surface area contributed by atoms with Gasteiger partial charge in [-0.1, -0.05) is 0 Å². The molecule has 2 heterocycles. The van der Waals surface area contributed by atoms with Gasteiger partial charge in [-0.15, -0.1) is 11.3 Å². The number of thiazole rings is 1. The van der Waals surface area contributed by atoms with Crippen LogP contribution in [0.5, 0.6) is 0 Å². The topological polar surface area (TPSA) is 28.2 Å². The average molecular weight is 225 g/mol. The van der Waals surface area contributed by atoms with E-state index in [1.807, 2.05) is 17.5 Å². The number of aryl methyl sites for hydroxylation is 1. The Bertz CT molecular complexity index is 311. The molecule has 1 aromatic heterocycles. The molecule has 1 saturated heterocycles. The zero-order valence-electron chi connectivity index (χ0n) is 9.49. The summed E-state index contributed by atoms with van der Waals surface area (Å²) in [5.74, 6) is 0. The Kier molecular flexibility index (Phi) is 3.72. The van der Waals surface area contributed by atoms with Crippen LogP contribution in [0.25, 0.3) is 0 Å². The molecule has 0 bridgehead atoms. The van der Waals surface area contributed by atoms with E-state index < -0.39 is 0 Å². The van der Waals surface area contributed by atoms with Crippen molar-refractivity contribution < 1.29 is 0 Å². The Labute approximate surface area is 95.5 Å². The van der Waals surface area contributed by atoms with Crippen LogP contribution in [0.2, 0.25) is 0 Å². The minimum atomic E-state index is 0.674. The largest absolute Gasteiger partial charge is 0.316 e. The fourth-order valence-corrected chi connectivity index (χ4v) is 2.97. The molecule has 0 amide bonds. The molecule has 4 heteroatoms. The molecule has 84 valence electrons. The predicted octanol–water partition coefficient (Wildman–Crippen LogP) is 1.64. The van der Waals surface area contributed by atoms with Crippen LogP contribution in [0.15, 0.2) is 6.20 Å². The van der Waals surface area contributed by atoms with Gasteiger partial charge in [-0.05, 0) is 33.4 Å². The summed E-state index contributed by atoms with van der Waals surface area (Å²) in [4.78, 5) is 8.22. The molecule has 0 radical (unpaired) electrons. The molecule has 1 N–H and O–H groups in total. The molecule has 1 aromatic rings. The SMILES string of the molecule is CNC1CCCN(Cc2cnc(C)s2)C1. The van der Waals surface area contributed by atoms with Crippen LogP contribution in [0.1, 0.15) is 22.7 Å². The van der Waals surface area contributed by atoms with Crippen LogP contribution in [-0.2, 0) is 6.54 Å². The zero-order chi connectivity index (χ0) is 10.7. The monoisotopic (exact) mass is 225 g/mol. The van der Waals surface area contributed by atoms with Gasteiger partial charge in [-0.3, -0.25) is 4.90 Å². The number of aromatic nitrogens is 1. The minimum Gasteiger partial charge on any atom is -0.316 e. The Hall–Kier alpha value is -0.450. The fourth-order valence-electron chi connectivity index (χ4n) is 2.13. The standard InChI is InChI=1S/C11H19N3S/c1-9-13-6-11(15-9)8-14-5-3-4-10(7-14)12-2/h6,10,12H,3-5,7-8H2,1-2H3. The van der Waals surface area contributed by atoms with Crippen molar-refractivity contribution in [2.45, 2.75) is 32.4 Å². The maximum absolute atomic E-state index is 4.30. The Morgan fingerprint density at radius 2 is 2.53 bits per heavy atom. The molecule has 2 rings (SSSR count). The highest BCUT2D eigenvalue weighted by atomic mass is 32.1. The molecule has 1 aliphatic heterocycles. The van der Waals surface area contributed by atoms with Gasteiger partial charge in [0.25, 0.3) is 0 Å². The van der Waals surface area contributed by atoms with Crippen LogP contribution in [-0.4, -0.2) is 36.1 Å². The summed E-state index contributed by atoms with van der Waals surface area (Å²) < 4.78 is 0. The van der Waals surface area contributed by atoms with Crippen molar-refractivity contribution in [1.82, 2.24) is 15.2 Å². The highest BCUT2D eigenvalue weighted by Gasteiger charge is 2.18. The van der Waals surface area contributed by atoms with Crippen molar-refractivity contribution in [1.29, 1.82) is 0 Å². The van der Waals surface area contributed by atoms with Gasteiger partial charge in [-0.2, -0.15) is 0 Å². The van der Waals surface area contributed by atoms with E-state index in [1.54, 1.807) is 0 Å². The first-order chi connectivity index (χ1) is 7.28. The molecule has 15 heavy (non-hydrogen) atoms. The fraction of sp³-hybridized carbons (Fsp3) is 0.727. The second-order valence-corrected chi connectivity index (χ2v) is 5.53. The molecule has 0 saturated carbocycles. The first kappa shape index (κ1) is 11.0. The summed E-state index contributed by atoms with van der Waals surface area (Å²) in [6.45, 7) is 5.55. The van der Waals surface area contributed by atoms with E-state index in [0.717, 1.165) is 6.54 Å². The van der Waals surface area contributed by atoms with Gasteiger partial charge in [0.1, 0.15) is 0 Å². The second kappa shape index (κ2) is 5.05. The number of nitrogens with one attached hydrogen (secondary N) is 1. The second-order valence-electron chi connectivity index (χ2n) is 4.21. The smallest absolute Gasteiger partial charge is 0.0897 e. The Balaban J connectivity index is 1.88. The quantitative estimate of drug-likeness (QED) is 0.847. The molecule has 1 unspecified atom stereocenters. The van der Waals surface area contributed by atoms with Crippen LogP contribution < -0.4 is 5.32 Å². The summed E-state index contributed by atoms with van der Waals surface area (Å²) in [6.07, 6.45) is 4.64. The van der Waals surface area contributed by atoms with E-state index in [1.165, 1.54) is 35.8 Å². The van der Waals surface area contributed by atoms with Crippen LogP contribution in [0.3, 0.4) is 0 Å². The van der Waals surface area contributed by atoms with Gasteiger partial charge in [0.05, 0.1) is 5.01 Å². The Morgan fingerprint density at radius 1 is 1.67 bits per heavy atom. The van der Waals surface area contributed by atoms with E-state index in [4.69, 9.17) is 0 Å². The van der Waals surface area contributed by atoms with Crippen molar-refractivity contribution >= 4 is 11.3 Å². The molecular formula is C11H19N3S. The molecule has 1 fully saturated rings. The summed E-state index contributed by atoms with van der Waals surface area (Å²) in [5.41, 5.74) is 0. The van der Waals surface area contributed by atoms with E-state index in [9.17, 15) is 0 Å². The summed E-state index contributed by atoms with van der Waals surface area (Å²) in [6, 6.07) is 0.674. The maximum atomic E-state index is 4.30. The third-order valence-electron chi connectivity index (χ3n) is 2.96. The zero-order valence-corrected chi connectivity index (χ0v) is 10.3. The number of likely N-dealkylation sites (tertiary alicyclic amines) is 1. The van der Waals surface area contributed by atoms with Crippen molar-refractivity contribution in [3.05, 3.63) is 16.1 Å². The van der Waals surface area contributed by atoms with Crippen molar-refractivity contribution in [3.8, 4) is 0 Å². The lowest BCUT2D eigenvalue weighted by molar-refractivity contribution is 0.189. The first-order valence-electron chi connectivity index (χ1n) is 5.59. The number of likely N-dealkylation sites (N-methyl/N-ethyl adjacent to an activating group) is 1. The molecule has 3 nitrogen and oxygen atoms in total. The predicted molar refractivity (Wildman–Crippen MR) is 64.2 cm³/mol. The van der Waals surface area contributed by atoms with Gasteiger partial charge in [0.2, 0.25) is 0 Å². The number of nitrogens with zero attached hydrogens (tertiary/aromatic N) is 2. The summed E-state index contributed by atoms with van der Waals surface area (Å²) in [7, 11) is 2.06. The highest BCUT2D eigenvalue weighted by molar-refractivity contribution is 7.11. The van der Waals surface area contributed by atoms with E-state index in [-0.39, 0.29) is 0 Å². The van der Waals surface area contributed by atoms with Gasteiger partial charge in [-0.25, -0.2) is 4.98 Å². The third-order valence-corrected chi connectivity index (χ3v) is 3.86. The van der Waals surface area contributed by atoms with Crippen molar-refractivity contribution in [2.24, 2.45) is 0 Å². The van der Waals surface area contributed by atoms with Gasteiger partial charge < -0.3 is 5.32 Å². The molecule has 1 atom stereocenters. The van der Waals surface area contributed by atoms with Gasteiger partial charge in [0.15, 0.2) is 0 Å². The summed E-state index contributed by atoms with van der Waals surface area (Å²) in [5, 5.41) is 4.54. The number of hydrogen-bond donors (Lipinski definition) is 1. The Morgan fingerprint density at radius 3 is 3.20 bits per heavy atom. The maximum Gasteiger partial charge on any atom is 0.0897 e. The first-order valence-corrected chi connectivity index (χ1v) is 6.40.